The van der Waals surface area contributed by atoms with Gasteiger partial charge in [-0.3, -0.25) is 4.90 Å². The van der Waals surface area contributed by atoms with E-state index in [1.54, 1.807) is 6.20 Å². The van der Waals surface area contributed by atoms with Crippen molar-refractivity contribution in [1.29, 1.82) is 0 Å². The lowest BCUT2D eigenvalue weighted by atomic mass is 9.98. The van der Waals surface area contributed by atoms with Crippen molar-refractivity contribution in [1.82, 2.24) is 14.9 Å². The van der Waals surface area contributed by atoms with Crippen molar-refractivity contribution < 1.29 is 0 Å². The van der Waals surface area contributed by atoms with E-state index in [4.69, 9.17) is 17.3 Å². The third-order valence-corrected chi connectivity index (χ3v) is 3.19. The molecule has 4 nitrogen and oxygen atoms in total. The molecule has 0 bridgehead atoms. The molecule has 2 rings (SSSR count). The SMILES string of the molecule is Cl.NCC1CCCN(Cc2ccnc(Cl)n2)C1. The lowest BCUT2D eigenvalue weighted by Crippen LogP contribution is -2.38. The van der Waals surface area contributed by atoms with Gasteiger partial charge in [0.1, 0.15) is 0 Å². The molecule has 6 heteroatoms. The van der Waals surface area contributed by atoms with Crippen molar-refractivity contribution in [3.8, 4) is 0 Å². The van der Waals surface area contributed by atoms with Gasteiger partial charge >= 0.3 is 0 Å². The molecule has 2 N–H and O–H groups in total. The van der Waals surface area contributed by atoms with Gasteiger partial charge in [0.05, 0.1) is 5.69 Å². The summed E-state index contributed by atoms with van der Waals surface area (Å²) in [6, 6.07) is 1.91. The molecule has 1 saturated heterocycles. The van der Waals surface area contributed by atoms with E-state index in [1.807, 2.05) is 6.07 Å². The Labute approximate surface area is 113 Å². The van der Waals surface area contributed by atoms with E-state index in [0.717, 1.165) is 31.9 Å². The first-order valence-corrected chi connectivity index (χ1v) is 6.05. The Kier molecular flexibility index (Phi) is 6.12. The molecule has 96 valence electrons. The van der Waals surface area contributed by atoms with Crippen LogP contribution in [0.4, 0.5) is 0 Å². The Bertz CT molecular complexity index is 348. The molecule has 1 aromatic rings. The predicted molar refractivity (Wildman–Crippen MR) is 71.3 cm³/mol. The molecule has 1 unspecified atom stereocenters. The van der Waals surface area contributed by atoms with Crippen LogP contribution in [0.1, 0.15) is 18.5 Å². The maximum absolute atomic E-state index is 5.76. The average molecular weight is 277 g/mol. The third kappa shape index (κ3) is 4.39. The molecule has 1 aliphatic heterocycles. The highest BCUT2D eigenvalue weighted by Crippen LogP contribution is 2.17. The molecule has 0 aliphatic carbocycles. The van der Waals surface area contributed by atoms with Crippen LogP contribution in [0.5, 0.6) is 0 Å². The summed E-state index contributed by atoms with van der Waals surface area (Å²) in [5.41, 5.74) is 6.69. The molecule has 0 spiro atoms. The molecule has 0 amide bonds. The second-order valence-electron chi connectivity index (χ2n) is 4.30. The van der Waals surface area contributed by atoms with Crippen LogP contribution in [0, 0.1) is 5.92 Å². The van der Waals surface area contributed by atoms with Crippen LogP contribution >= 0.6 is 24.0 Å². The average Bonchev–Trinajstić information content (AvgIpc) is 2.29. The monoisotopic (exact) mass is 276 g/mol. The number of halogens is 2. The Morgan fingerprint density at radius 2 is 2.35 bits per heavy atom. The van der Waals surface area contributed by atoms with Gasteiger partial charge in [0.2, 0.25) is 5.28 Å². The molecule has 1 aliphatic rings. The Morgan fingerprint density at radius 1 is 1.53 bits per heavy atom. The van der Waals surface area contributed by atoms with E-state index in [9.17, 15) is 0 Å². The third-order valence-electron chi connectivity index (χ3n) is 3.01. The molecule has 1 atom stereocenters. The van der Waals surface area contributed by atoms with Crippen LogP contribution < -0.4 is 5.73 Å². The minimum atomic E-state index is 0. The first-order valence-electron chi connectivity index (χ1n) is 5.68. The van der Waals surface area contributed by atoms with Crippen LogP contribution in [0.25, 0.3) is 0 Å². The quantitative estimate of drug-likeness (QED) is 0.855. The number of aromatic nitrogens is 2. The van der Waals surface area contributed by atoms with Crippen LogP contribution in [-0.4, -0.2) is 34.5 Å². The number of likely N-dealkylation sites (tertiary alicyclic amines) is 1. The summed E-state index contributed by atoms with van der Waals surface area (Å²) < 4.78 is 0. The van der Waals surface area contributed by atoms with Gasteiger partial charge in [-0.05, 0) is 49.5 Å². The summed E-state index contributed by atoms with van der Waals surface area (Å²) in [5, 5.41) is 0.324. The van der Waals surface area contributed by atoms with Gasteiger partial charge in [0.15, 0.2) is 0 Å². The van der Waals surface area contributed by atoms with Crippen molar-refractivity contribution in [2.75, 3.05) is 19.6 Å². The Morgan fingerprint density at radius 3 is 3.06 bits per heavy atom. The molecular formula is C11H18Cl2N4. The van der Waals surface area contributed by atoms with Crippen LogP contribution in [0.2, 0.25) is 5.28 Å². The van der Waals surface area contributed by atoms with Crippen molar-refractivity contribution >= 4 is 24.0 Å². The summed E-state index contributed by atoms with van der Waals surface area (Å²) in [5.74, 6) is 0.631. The predicted octanol–water partition coefficient (Wildman–Crippen LogP) is 1.72. The Hall–Kier alpha value is -0.420. The summed E-state index contributed by atoms with van der Waals surface area (Å²) in [7, 11) is 0. The fraction of sp³-hybridized carbons (Fsp3) is 0.636. The summed E-state index contributed by atoms with van der Waals surface area (Å²) in [4.78, 5) is 10.5. The van der Waals surface area contributed by atoms with Gasteiger partial charge in [-0.15, -0.1) is 12.4 Å². The molecule has 0 radical (unpaired) electrons. The number of hydrogen-bond donors (Lipinski definition) is 1. The highest BCUT2D eigenvalue weighted by molar-refractivity contribution is 6.28. The fourth-order valence-electron chi connectivity index (χ4n) is 2.17. The minimum absolute atomic E-state index is 0. The highest BCUT2D eigenvalue weighted by atomic mass is 35.5. The fourth-order valence-corrected chi connectivity index (χ4v) is 2.34. The largest absolute Gasteiger partial charge is 0.330 e. The van der Waals surface area contributed by atoms with Gasteiger partial charge in [0, 0.05) is 19.3 Å². The normalized spacial score (nSPS) is 20.9. The number of nitrogens with zero attached hydrogens (tertiary/aromatic N) is 3. The molecule has 0 saturated carbocycles. The molecule has 1 aromatic heterocycles. The molecule has 2 heterocycles. The van der Waals surface area contributed by atoms with Gasteiger partial charge in [-0.2, -0.15) is 0 Å². The highest BCUT2D eigenvalue weighted by Gasteiger charge is 2.18. The van der Waals surface area contributed by atoms with Gasteiger partial charge in [0.25, 0.3) is 0 Å². The topological polar surface area (TPSA) is 55.0 Å². The lowest BCUT2D eigenvalue weighted by molar-refractivity contribution is 0.169. The first-order chi connectivity index (χ1) is 7.78. The summed E-state index contributed by atoms with van der Waals surface area (Å²) >= 11 is 5.76. The molecule has 0 aromatic carbocycles. The first kappa shape index (κ1) is 14.6. The molecule has 17 heavy (non-hydrogen) atoms. The number of hydrogen-bond acceptors (Lipinski definition) is 4. The van der Waals surface area contributed by atoms with Crippen LogP contribution in [0.3, 0.4) is 0 Å². The van der Waals surface area contributed by atoms with E-state index in [2.05, 4.69) is 14.9 Å². The zero-order valence-corrected chi connectivity index (χ0v) is 11.3. The van der Waals surface area contributed by atoms with Crippen molar-refractivity contribution in [2.24, 2.45) is 11.7 Å². The van der Waals surface area contributed by atoms with Crippen LogP contribution in [0.15, 0.2) is 12.3 Å². The summed E-state index contributed by atoms with van der Waals surface area (Å²) in [6.45, 7) is 3.82. The Balaban J connectivity index is 0.00000144. The zero-order chi connectivity index (χ0) is 11.4. The molecule has 1 fully saturated rings. The number of nitrogens with two attached hydrogens (primary N) is 1. The van der Waals surface area contributed by atoms with Crippen molar-refractivity contribution in [3.05, 3.63) is 23.2 Å². The van der Waals surface area contributed by atoms with Crippen molar-refractivity contribution in [2.45, 2.75) is 19.4 Å². The standard InChI is InChI=1S/C11H17ClN4.ClH/c12-11-14-4-3-10(15-11)8-16-5-1-2-9(6-13)7-16;/h3-4,9H,1-2,5-8,13H2;1H. The van der Waals surface area contributed by atoms with Gasteiger partial charge in [-0.25, -0.2) is 9.97 Å². The zero-order valence-electron chi connectivity index (χ0n) is 9.68. The smallest absolute Gasteiger partial charge is 0.222 e. The summed E-state index contributed by atoms with van der Waals surface area (Å²) in [6.07, 6.45) is 4.17. The maximum atomic E-state index is 5.76. The van der Waals surface area contributed by atoms with Crippen molar-refractivity contribution in [3.63, 3.8) is 0 Å². The van der Waals surface area contributed by atoms with E-state index < -0.39 is 0 Å². The van der Waals surface area contributed by atoms with E-state index >= 15 is 0 Å². The van der Waals surface area contributed by atoms with Gasteiger partial charge in [-0.1, -0.05) is 0 Å². The van der Waals surface area contributed by atoms with E-state index in [-0.39, 0.29) is 12.4 Å². The molecular weight excluding hydrogens is 259 g/mol. The second kappa shape index (κ2) is 7.11. The number of rotatable bonds is 3. The van der Waals surface area contributed by atoms with Crippen LogP contribution in [-0.2, 0) is 6.54 Å². The van der Waals surface area contributed by atoms with E-state index in [1.165, 1.54) is 12.8 Å². The number of piperidine rings is 1. The lowest BCUT2D eigenvalue weighted by Gasteiger charge is -2.31. The van der Waals surface area contributed by atoms with E-state index in [0.29, 0.717) is 11.2 Å². The minimum Gasteiger partial charge on any atom is -0.330 e. The van der Waals surface area contributed by atoms with Gasteiger partial charge < -0.3 is 5.73 Å². The maximum Gasteiger partial charge on any atom is 0.222 e. The second-order valence-corrected chi connectivity index (χ2v) is 4.63.